The van der Waals surface area contributed by atoms with Crippen LogP contribution in [-0.2, 0) is 0 Å². The van der Waals surface area contributed by atoms with E-state index >= 15 is 0 Å². The Morgan fingerprint density at radius 1 is 1.10 bits per heavy atom. The molecule has 0 N–H and O–H groups in total. The molecular weight excluding hydrogens is 297 g/mol. The monoisotopic (exact) mass is 309 g/mol. The Morgan fingerprint density at radius 2 is 1.85 bits per heavy atom. The van der Waals surface area contributed by atoms with Crippen LogP contribution in [0.1, 0.15) is 19.3 Å². The summed E-state index contributed by atoms with van der Waals surface area (Å²) in [6, 6.07) is 3.92. The predicted molar refractivity (Wildman–Crippen MR) is 80.0 cm³/mol. The minimum absolute atomic E-state index is 0.422. The van der Waals surface area contributed by atoms with Crippen LogP contribution in [0, 0.1) is 0 Å². The van der Waals surface area contributed by atoms with Crippen molar-refractivity contribution in [2.24, 2.45) is 0 Å². The van der Waals surface area contributed by atoms with E-state index < -0.39 is 0 Å². The van der Waals surface area contributed by atoms with E-state index in [1.54, 1.807) is 12.1 Å². The number of aromatic nitrogens is 2. The minimum atomic E-state index is 0.422. The fourth-order valence-electron chi connectivity index (χ4n) is 2.94. The summed E-state index contributed by atoms with van der Waals surface area (Å²) in [5.41, 5.74) is 1.47. The van der Waals surface area contributed by atoms with Crippen molar-refractivity contribution in [1.82, 2.24) is 9.97 Å². The molecule has 104 valence electrons. The predicted octanol–water partition coefficient (Wildman–Crippen LogP) is 3.69. The van der Waals surface area contributed by atoms with Gasteiger partial charge in [-0.2, -0.15) is 0 Å². The van der Waals surface area contributed by atoms with Gasteiger partial charge in [-0.05, 0) is 31.4 Å². The fourth-order valence-corrected chi connectivity index (χ4v) is 3.25. The number of nitrogens with zero attached hydrogens (tertiary/aromatic N) is 3. The number of halogens is 2. The third-order valence-corrected chi connectivity index (χ3v) is 4.69. The van der Waals surface area contributed by atoms with Crippen LogP contribution in [0.3, 0.4) is 0 Å². The van der Waals surface area contributed by atoms with Crippen LogP contribution in [0.5, 0.6) is 5.88 Å². The number of hydrogen-bond donors (Lipinski definition) is 0. The summed E-state index contributed by atoms with van der Waals surface area (Å²) in [5, 5.41) is 0.986. The van der Waals surface area contributed by atoms with Gasteiger partial charge in [-0.3, -0.25) is 0 Å². The topological polar surface area (TPSA) is 38.2 Å². The standard InChI is InChI=1S/C14H13Cl2N3O/c15-9-5-11-12(6-10(9)16)18-14-13(17-11)19-4-2-1-3-8(19)7-20-14/h5-6,8H,1-4,7H2. The number of benzene rings is 1. The van der Waals surface area contributed by atoms with E-state index in [0.717, 1.165) is 24.3 Å². The zero-order valence-electron chi connectivity index (χ0n) is 10.8. The SMILES string of the molecule is Clc1cc2nc3c(nc2cc1Cl)N1CCCCC1CO3. The van der Waals surface area contributed by atoms with E-state index in [1.165, 1.54) is 12.8 Å². The Labute approximate surface area is 126 Å². The first-order valence-corrected chi connectivity index (χ1v) is 7.54. The number of hydrogen-bond acceptors (Lipinski definition) is 4. The van der Waals surface area contributed by atoms with Gasteiger partial charge in [0.05, 0.1) is 27.1 Å². The normalized spacial score (nSPS) is 21.3. The molecule has 2 aliphatic rings. The highest BCUT2D eigenvalue weighted by atomic mass is 35.5. The van der Waals surface area contributed by atoms with Gasteiger partial charge in [0.2, 0.25) is 0 Å². The summed E-state index contributed by atoms with van der Waals surface area (Å²) in [7, 11) is 0. The van der Waals surface area contributed by atoms with Crippen molar-refractivity contribution in [2.75, 3.05) is 18.1 Å². The number of piperidine rings is 1. The highest BCUT2D eigenvalue weighted by Crippen LogP contribution is 2.37. The van der Waals surface area contributed by atoms with Gasteiger partial charge in [-0.1, -0.05) is 23.2 Å². The van der Waals surface area contributed by atoms with E-state index in [4.69, 9.17) is 32.9 Å². The lowest BCUT2D eigenvalue weighted by atomic mass is 10.0. The van der Waals surface area contributed by atoms with Crippen molar-refractivity contribution in [3.8, 4) is 5.88 Å². The van der Waals surface area contributed by atoms with Crippen LogP contribution in [0.4, 0.5) is 5.82 Å². The highest BCUT2D eigenvalue weighted by Gasteiger charge is 2.32. The quantitative estimate of drug-likeness (QED) is 0.744. The first kappa shape index (κ1) is 12.5. The Morgan fingerprint density at radius 3 is 2.65 bits per heavy atom. The van der Waals surface area contributed by atoms with Crippen molar-refractivity contribution in [1.29, 1.82) is 0 Å². The lowest BCUT2D eigenvalue weighted by molar-refractivity contribution is 0.230. The van der Waals surface area contributed by atoms with Crippen molar-refractivity contribution < 1.29 is 4.74 Å². The van der Waals surface area contributed by atoms with E-state index in [1.807, 2.05) is 0 Å². The lowest BCUT2D eigenvalue weighted by Gasteiger charge is -2.40. The molecule has 1 aromatic heterocycles. The molecule has 0 amide bonds. The van der Waals surface area contributed by atoms with Crippen molar-refractivity contribution in [3.05, 3.63) is 22.2 Å². The summed E-state index contributed by atoms with van der Waals surface area (Å²) in [5.74, 6) is 1.45. The van der Waals surface area contributed by atoms with Crippen LogP contribution in [-0.4, -0.2) is 29.2 Å². The van der Waals surface area contributed by atoms with E-state index in [-0.39, 0.29) is 0 Å². The molecule has 20 heavy (non-hydrogen) atoms. The highest BCUT2D eigenvalue weighted by molar-refractivity contribution is 6.42. The Balaban J connectivity index is 1.88. The molecule has 1 fully saturated rings. The number of rotatable bonds is 0. The van der Waals surface area contributed by atoms with Gasteiger partial charge >= 0.3 is 0 Å². The van der Waals surface area contributed by atoms with Crippen molar-refractivity contribution >= 4 is 40.1 Å². The number of fused-ring (bicyclic) bond motifs is 4. The van der Waals surface area contributed by atoms with Crippen LogP contribution in [0.25, 0.3) is 11.0 Å². The molecule has 6 heteroatoms. The second-order valence-corrected chi connectivity index (χ2v) is 6.08. The van der Waals surface area contributed by atoms with Crippen LogP contribution in [0.15, 0.2) is 12.1 Å². The molecule has 4 nitrogen and oxygen atoms in total. The molecule has 2 aliphatic heterocycles. The summed E-state index contributed by atoms with van der Waals surface area (Å²) in [6.45, 7) is 1.71. The average molecular weight is 310 g/mol. The van der Waals surface area contributed by atoms with Crippen LogP contribution in [0.2, 0.25) is 10.0 Å². The largest absolute Gasteiger partial charge is 0.473 e. The molecule has 0 saturated carbocycles. The zero-order chi connectivity index (χ0) is 13.7. The average Bonchev–Trinajstić information content (AvgIpc) is 2.47. The van der Waals surface area contributed by atoms with Crippen molar-refractivity contribution in [3.63, 3.8) is 0 Å². The zero-order valence-corrected chi connectivity index (χ0v) is 12.3. The second-order valence-electron chi connectivity index (χ2n) is 5.26. The lowest BCUT2D eigenvalue weighted by Crippen LogP contribution is -2.46. The molecule has 4 rings (SSSR count). The van der Waals surface area contributed by atoms with Gasteiger partial charge in [0.15, 0.2) is 5.82 Å². The van der Waals surface area contributed by atoms with E-state index in [2.05, 4.69) is 9.88 Å². The van der Waals surface area contributed by atoms with Gasteiger partial charge < -0.3 is 9.64 Å². The van der Waals surface area contributed by atoms with Crippen molar-refractivity contribution in [2.45, 2.75) is 25.3 Å². The molecule has 0 bridgehead atoms. The third kappa shape index (κ3) is 1.90. The molecular formula is C14H13Cl2N3O. The second kappa shape index (κ2) is 4.64. The first-order chi connectivity index (χ1) is 9.72. The maximum atomic E-state index is 6.06. The van der Waals surface area contributed by atoms with Gasteiger partial charge in [0.1, 0.15) is 6.61 Å². The summed E-state index contributed by atoms with van der Waals surface area (Å²) in [6.07, 6.45) is 3.60. The third-order valence-electron chi connectivity index (χ3n) is 3.97. The fraction of sp³-hybridized carbons (Fsp3) is 0.429. The van der Waals surface area contributed by atoms with Gasteiger partial charge in [-0.15, -0.1) is 0 Å². The molecule has 1 aromatic carbocycles. The smallest absolute Gasteiger partial charge is 0.258 e. The van der Waals surface area contributed by atoms with E-state index in [9.17, 15) is 0 Å². The number of ether oxygens (including phenoxy) is 1. The molecule has 0 spiro atoms. The van der Waals surface area contributed by atoms with Gasteiger partial charge in [-0.25, -0.2) is 9.97 Å². The van der Waals surface area contributed by atoms with Crippen LogP contribution >= 0.6 is 23.2 Å². The molecule has 1 saturated heterocycles. The summed E-state index contributed by atoms with van der Waals surface area (Å²) in [4.78, 5) is 11.6. The summed E-state index contributed by atoms with van der Waals surface area (Å²) >= 11 is 12.1. The minimum Gasteiger partial charge on any atom is -0.473 e. The molecule has 1 unspecified atom stereocenters. The molecule has 0 aliphatic carbocycles. The Hall–Kier alpha value is -1.26. The summed E-state index contributed by atoms with van der Waals surface area (Å²) < 4.78 is 5.78. The van der Waals surface area contributed by atoms with Crippen LogP contribution < -0.4 is 9.64 Å². The van der Waals surface area contributed by atoms with Gasteiger partial charge in [0.25, 0.3) is 5.88 Å². The molecule has 2 aromatic rings. The Kier molecular flexibility index (Phi) is 2.89. The van der Waals surface area contributed by atoms with Gasteiger partial charge in [0, 0.05) is 6.54 Å². The molecule has 1 atom stereocenters. The first-order valence-electron chi connectivity index (χ1n) is 6.78. The number of anilines is 1. The molecule has 0 radical (unpaired) electrons. The maximum absolute atomic E-state index is 6.06. The van der Waals surface area contributed by atoms with E-state index in [0.29, 0.717) is 34.1 Å². The molecule has 3 heterocycles. The maximum Gasteiger partial charge on any atom is 0.258 e. The Bertz CT molecular complexity index is 692.